The Hall–Kier alpha value is -2.44. The van der Waals surface area contributed by atoms with Gasteiger partial charge in [0, 0.05) is 17.6 Å². The van der Waals surface area contributed by atoms with Gasteiger partial charge in [-0.05, 0) is 66.0 Å². The van der Waals surface area contributed by atoms with Crippen LogP contribution in [0, 0.1) is 6.92 Å². The third kappa shape index (κ3) is 3.55. The maximum Gasteiger partial charge on any atom is 0.170 e. The lowest BCUT2D eigenvalue weighted by atomic mass is 10.0. The SMILES string of the molecule is COc1ccc(CN2C(=S)N[C@@H](c3ccccn3)[C@H]2c2sccc2C)cc1. The van der Waals surface area contributed by atoms with Gasteiger partial charge in [-0.3, -0.25) is 4.98 Å². The molecule has 0 saturated carbocycles. The number of nitrogens with one attached hydrogen (secondary N) is 1. The molecule has 0 bridgehead atoms. The van der Waals surface area contributed by atoms with Gasteiger partial charge in [0.2, 0.25) is 0 Å². The summed E-state index contributed by atoms with van der Waals surface area (Å²) in [6.07, 6.45) is 1.84. The molecule has 4 rings (SSSR count). The highest BCUT2D eigenvalue weighted by Crippen LogP contribution is 2.42. The molecule has 1 fully saturated rings. The number of thiophene rings is 1. The number of hydrogen-bond donors (Lipinski definition) is 1. The third-order valence-corrected chi connectivity index (χ3v) is 6.32. The van der Waals surface area contributed by atoms with Crippen LogP contribution in [0.25, 0.3) is 0 Å². The quantitative estimate of drug-likeness (QED) is 0.638. The van der Waals surface area contributed by atoms with Crippen molar-refractivity contribution < 1.29 is 4.74 Å². The molecule has 3 aromatic rings. The molecule has 1 N–H and O–H groups in total. The van der Waals surface area contributed by atoms with Crippen LogP contribution in [0.1, 0.15) is 33.8 Å². The Morgan fingerprint density at radius 2 is 2.00 bits per heavy atom. The zero-order valence-corrected chi connectivity index (χ0v) is 16.9. The van der Waals surface area contributed by atoms with Crippen molar-refractivity contribution in [2.45, 2.75) is 25.6 Å². The molecule has 0 amide bonds. The summed E-state index contributed by atoms with van der Waals surface area (Å²) in [5.74, 6) is 0.859. The second kappa shape index (κ2) is 7.66. The fraction of sp³-hybridized carbons (Fsp3) is 0.238. The second-order valence-electron chi connectivity index (χ2n) is 6.57. The smallest absolute Gasteiger partial charge is 0.170 e. The summed E-state index contributed by atoms with van der Waals surface area (Å²) in [7, 11) is 1.68. The number of methoxy groups -OCH3 is 1. The minimum Gasteiger partial charge on any atom is -0.497 e. The lowest BCUT2D eigenvalue weighted by molar-refractivity contribution is 0.314. The fourth-order valence-corrected chi connectivity index (χ4v) is 4.86. The molecule has 2 atom stereocenters. The average Bonchev–Trinajstić information content (AvgIpc) is 3.26. The standard InChI is InChI=1S/C21H21N3OS2/c1-14-10-12-27-20(14)19-18(17-5-3-4-11-22-17)23-21(26)24(19)13-15-6-8-16(25-2)9-7-15/h3-12,18-19H,13H2,1-2H3,(H,23,26)/t18-,19-/m0/s1. The zero-order valence-electron chi connectivity index (χ0n) is 15.3. The van der Waals surface area contributed by atoms with Gasteiger partial charge < -0.3 is 15.0 Å². The minimum absolute atomic E-state index is 0.0364. The van der Waals surface area contributed by atoms with Gasteiger partial charge in [0.1, 0.15) is 5.75 Å². The summed E-state index contributed by atoms with van der Waals surface area (Å²) >= 11 is 7.51. The van der Waals surface area contributed by atoms with Gasteiger partial charge in [-0.25, -0.2) is 0 Å². The van der Waals surface area contributed by atoms with E-state index in [-0.39, 0.29) is 12.1 Å². The molecule has 1 aromatic carbocycles. The fourth-order valence-electron chi connectivity index (χ4n) is 3.47. The molecule has 1 aliphatic rings. The lowest BCUT2D eigenvalue weighted by Crippen LogP contribution is -2.29. The molecule has 0 aliphatic carbocycles. The highest BCUT2D eigenvalue weighted by molar-refractivity contribution is 7.80. The van der Waals surface area contributed by atoms with Crippen LogP contribution in [0.4, 0.5) is 0 Å². The molecule has 6 heteroatoms. The topological polar surface area (TPSA) is 37.4 Å². The summed E-state index contributed by atoms with van der Waals surface area (Å²) in [5.41, 5.74) is 3.49. The average molecular weight is 396 g/mol. The van der Waals surface area contributed by atoms with Crippen molar-refractivity contribution in [2.24, 2.45) is 0 Å². The van der Waals surface area contributed by atoms with Crippen molar-refractivity contribution in [3.63, 3.8) is 0 Å². The van der Waals surface area contributed by atoms with Crippen LogP contribution in [0.2, 0.25) is 0 Å². The molecular weight excluding hydrogens is 374 g/mol. The highest BCUT2D eigenvalue weighted by Gasteiger charge is 2.40. The molecule has 1 saturated heterocycles. The number of rotatable bonds is 5. The van der Waals surface area contributed by atoms with Crippen molar-refractivity contribution in [2.75, 3.05) is 7.11 Å². The van der Waals surface area contributed by atoms with Crippen LogP contribution in [-0.4, -0.2) is 22.1 Å². The van der Waals surface area contributed by atoms with Crippen molar-refractivity contribution in [3.05, 3.63) is 81.8 Å². The number of thiocarbonyl (C=S) groups is 1. The molecule has 0 spiro atoms. The Balaban J connectivity index is 1.70. The Labute approximate surface area is 168 Å². The molecule has 27 heavy (non-hydrogen) atoms. The summed E-state index contributed by atoms with van der Waals surface area (Å²) in [4.78, 5) is 8.19. The van der Waals surface area contributed by atoms with Crippen LogP contribution in [0.3, 0.4) is 0 Å². The van der Waals surface area contributed by atoms with Crippen LogP contribution < -0.4 is 10.1 Å². The lowest BCUT2D eigenvalue weighted by Gasteiger charge is -2.27. The van der Waals surface area contributed by atoms with Crippen molar-refractivity contribution in [3.8, 4) is 5.75 Å². The van der Waals surface area contributed by atoms with Crippen LogP contribution in [0.15, 0.2) is 60.1 Å². The van der Waals surface area contributed by atoms with Gasteiger partial charge in [0.05, 0.1) is 24.9 Å². The van der Waals surface area contributed by atoms with Gasteiger partial charge in [-0.1, -0.05) is 18.2 Å². The second-order valence-corrected chi connectivity index (χ2v) is 7.90. The van der Waals surface area contributed by atoms with Crippen molar-refractivity contribution >= 4 is 28.7 Å². The molecule has 1 aliphatic heterocycles. The normalized spacial score (nSPS) is 19.2. The van der Waals surface area contributed by atoms with Crippen LogP contribution >= 0.6 is 23.6 Å². The van der Waals surface area contributed by atoms with Gasteiger partial charge >= 0.3 is 0 Å². The summed E-state index contributed by atoms with van der Waals surface area (Å²) in [6, 6.07) is 16.5. The zero-order chi connectivity index (χ0) is 18.8. The van der Waals surface area contributed by atoms with E-state index in [4.69, 9.17) is 17.0 Å². The van der Waals surface area contributed by atoms with E-state index < -0.39 is 0 Å². The van der Waals surface area contributed by atoms with E-state index in [1.807, 2.05) is 30.5 Å². The monoisotopic (exact) mass is 395 g/mol. The van der Waals surface area contributed by atoms with Gasteiger partial charge in [0.25, 0.3) is 0 Å². The number of nitrogens with zero attached hydrogens (tertiary/aromatic N) is 2. The predicted octanol–water partition coefficient (Wildman–Crippen LogP) is 4.63. The first-order valence-electron chi connectivity index (χ1n) is 8.82. The van der Waals surface area contributed by atoms with E-state index in [0.29, 0.717) is 0 Å². The van der Waals surface area contributed by atoms with Gasteiger partial charge in [-0.15, -0.1) is 11.3 Å². The van der Waals surface area contributed by atoms with E-state index in [1.54, 1.807) is 18.4 Å². The first-order valence-corrected chi connectivity index (χ1v) is 10.1. The molecule has 2 aromatic heterocycles. The van der Waals surface area contributed by atoms with Crippen molar-refractivity contribution in [1.29, 1.82) is 0 Å². The number of pyridine rings is 1. The molecule has 4 nitrogen and oxygen atoms in total. The summed E-state index contributed by atoms with van der Waals surface area (Å²) in [6.45, 7) is 2.90. The first-order chi connectivity index (χ1) is 13.2. The van der Waals surface area contributed by atoms with Gasteiger partial charge in [0.15, 0.2) is 5.11 Å². The number of benzene rings is 1. The summed E-state index contributed by atoms with van der Waals surface area (Å²) < 4.78 is 5.27. The Morgan fingerprint density at radius 3 is 2.63 bits per heavy atom. The largest absolute Gasteiger partial charge is 0.497 e. The van der Waals surface area contributed by atoms with E-state index in [2.05, 4.69) is 51.8 Å². The maximum atomic E-state index is 5.73. The van der Waals surface area contributed by atoms with E-state index in [1.165, 1.54) is 16.0 Å². The molecule has 0 radical (unpaired) electrons. The summed E-state index contributed by atoms with van der Waals surface area (Å²) in [5, 5.41) is 6.41. The predicted molar refractivity (Wildman–Crippen MR) is 113 cm³/mol. The minimum atomic E-state index is 0.0364. The Morgan fingerprint density at radius 1 is 1.19 bits per heavy atom. The number of ether oxygens (including phenoxy) is 1. The highest BCUT2D eigenvalue weighted by atomic mass is 32.1. The first kappa shape index (κ1) is 17.9. The van der Waals surface area contributed by atoms with E-state index in [9.17, 15) is 0 Å². The van der Waals surface area contributed by atoms with Gasteiger partial charge in [-0.2, -0.15) is 0 Å². The third-order valence-electron chi connectivity index (χ3n) is 4.88. The number of aromatic nitrogens is 1. The van der Waals surface area contributed by atoms with E-state index in [0.717, 1.165) is 23.1 Å². The molecule has 0 unspecified atom stereocenters. The molecule has 138 valence electrons. The number of aryl methyl sites for hydroxylation is 1. The van der Waals surface area contributed by atoms with Crippen LogP contribution in [0.5, 0.6) is 5.75 Å². The van der Waals surface area contributed by atoms with Crippen LogP contribution in [-0.2, 0) is 6.54 Å². The molecule has 3 heterocycles. The number of hydrogen-bond acceptors (Lipinski definition) is 4. The Kier molecular flexibility index (Phi) is 5.09. The Bertz CT molecular complexity index is 924. The van der Waals surface area contributed by atoms with Crippen molar-refractivity contribution in [1.82, 2.24) is 15.2 Å². The maximum absolute atomic E-state index is 5.73. The van der Waals surface area contributed by atoms with E-state index >= 15 is 0 Å². The molecular formula is C21H21N3OS2.